The van der Waals surface area contributed by atoms with Gasteiger partial charge in [-0.2, -0.15) is 0 Å². The molecular weight excluding hydrogens is 295 g/mol. The smallest absolute Gasteiger partial charge is 0.163 e. The maximum atomic E-state index is 14.4. The highest BCUT2D eigenvalue weighted by atomic mass is 19.1. The molecule has 0 unspecified atom stereocenters. The summed E-state index contributed by atoms with van der Waals surface area (Å²) in [5.41, 5.74) is 0.680. The van der Waals surface area contributed by atoms with Crippen molar-refractivity contribution in [1.29, 1.82) is 0 Å². The van der Waals surface area contributed by atoms with Gasteiger partial charge in [0, 0.05) is 24.2 Å². The molecule has 1 aromatic carbocycles. The van der Waals surface area contributed by atoms with Crippen molar-refractivity contribution in [2.24, 2.45) is 0 Å². The highest BCUT2D eigenvalue weighted by molar-refractivity contribution is 5.43. The van der Waals surface area contributed by atoms with Gasteiger partial charge in [-0.1, -0.05) is 6.42 Å². The molecule has 1 heterocycles. The van der Waals surface area contributed by atoms with E-state index in [2.05, 4.69) is 23.9 Å². The van der Waals surface area contributed by atoms with Gasteiger partial charge in [0.05, 0.1) is 14.2 Å². The van der Waals surface area contributed by atoms with Gasteiger partial charge in [0.15, 0.2) is 11.5 Å². The minimum Gasteiger partial charge on any atom is -0.493 e. The van der Waals surface area contributed by atoms with E-state index in [0.717, 1.165) is 19.5 Å². The molecule has 0 aromatic heterocycles. The summed E-state index contributed by atoms with van der Waals surface area (Å²) < 4.78 is 24.9. The third-order valence-corrected chi connectivity index (χ3v) is 4.58. The Morgan fingerprint density at radius 2 is 1.87 bits per heavy atom. The van der Waals surface area contributed by atoms with Crippen LogP contribution in [0, 0.1) is 5.82 Å². The molecule has 4 nitrogen and oxygen atoms in total. The average Bonchev–Trinajstić information content (AvgIpc) is 2.55. The monoisotopic (exact) mass is 324 g/mol. The first-order valence-corrected chi connectivity index (χ1v) is 8.34. The molecule has 0 amide bonds. The Labute approximate surface area is 139 Å². The normalized spacial score (nSPS) is 19.1. The minimum absolute atomic E-state index is 0.223. The number of nitrogens with zero attached hydrogens (tertiary/aromatic N) is 2. The molecular formula is C18H29FN2O2. The molecule has 130 valence electrons. The second-order valence-corrected chi connectivity index (χ2v) is 6.51. The summed E-state index contributed by atoms with van der Waals surface area (Å²) in [6.45, 7) is 2.73. The van der Waals surface area contributed by atoms with Crippen molar-refractivity contribution in [3.05, 3.63) is 23.5 Å². The van der Waals surface area contributed by atoms with Crippen molar-refractivity contribution in [3.8, 4) is 11.5 Å². The Hall–Kier alpha value is -1.33. The van der Waals surface area contributed by atoms with Crippen LogP contribution >= 0.6 is 0 Å². The van der Waals surface area contributed by atoms with E-state index in [4.69, 9.17) is 9.47 Å². The van der Waals surface area contributed by atoms with Crippen LogP contribution in [-0.2, 0) is 6.54 Å². The van der Waals surface area contributed by atoms with Crippen molar-refractivity contribution in [2.75, 3.05) is 41.4 Å². The summed E-state index contributed by atoms with van der Waals surface area (Å²) in [6, 6.07) is 3.72. The Kier molecular flexibility index (Phi) is 6.66. The van der Waals surface area contributed by atoms with E-state index in [0.29, 0.717) is 29.6 Å². The van der Waals surface area contributed by atoms with Gasteiger partial charge in [0.1, 0.15) is 5.82 Å². The lowest BCUT2D eigenvalue weighted by atomic mass is 9.98. The molecule has 0 spiro atoms. The number of piperidine rings is 1. The average molecular weight is 324 g/mol. The molecule has 1 aliphatic heterocycles. The Bertz CT molecular complexity index is 508. The van der Waals surface area contributed by atoms with Gasteiger partial charge in [-0.15, -0.1) is 0 Å². The van der Waals surface area contributed by atoms with E-state index >= 15 is 0 Å². The van der Waals surface area contributed by atoms with Crippen LogP contribution in [0.2, 0.25) is 0 Å². The number of rotatable bonds is 7. The molecule has 0 saturated carbocycles. The van der Waals surface area contributed by atoms with Crippen LogP contribution in [0.5, 0.6) is 11.5 Å². The summed E-state index contributed by atoms with van der Waals surface area (Å²) in [7, 11) is 7.31. The maximum absolute atomic E-state index is 14.4. The number of hydrogen-bond donors (Lipinski definition) is 0. The Morgan fingerprint density at radius 1 is 1.17 bits per heavy atom. The third kappa shape index (κ3) is 4.82. The Balaban J connectivity index is 2.12. The summed E-state index contributed by atoms with van der Waals surface area (Å²) in [5, 5.41) is 0. The van der Waals surface area contributed by atoms with E-state index in [9.17, 15) is 4.39 Å². The molecule has 0 bridgehead atoms. The highest BCUT2D eigenvalue weighted by Crippen LogP contribution is 2.31. The highest BCUT2D eigenvalue weighted by Gasteiger charge is 2.24. The van der Waals surface area contributed by atoms with Crippen LogP contribution in [0.4, 0.5) is 4.39 Å². The zero-order valence-electron chi connectivity index (χ0n) is 14.8. The lowest BCUT2D eigenvalue weighted by Gasteiger charge is -2.36. The van der Waals surface area contributed by atoms with Crippen LogP contribution < -0.4 is 9.47 Å². The molecule has 1 saturated heterocycles. The summed E-state index contributed by atoms with van der Waals surface area (Å²) >= 11 is 0. The van der Waals surface area contributed by atoms with Crippen molar-refractivity contribution in [3.63, 3.8) is 0 Å². The number of ether oxygens (including phenoxy) is 2. The van der Waals surface area contributed by atoms with E-state index < -0.39 is 0 Å². The number of methoxy groups -OCH3 is 2. The van der Waals surface area contributed by atoms with Gasteiger partial charge < -0.3 is 14.4 Å². The largest absolute Gasteiger partial charge is 0.493 e. The Morgan fingerprint density at radius 3 is 2.52 bits per heavy atom. The van der Waals surface area contributed by atoms with Crippen LogP contribution in [-0.4, -0.2) is 57.2 Å². The van der Waals surface area contributed by atoms with Gasteiger partial charge in [0.2, 0.25) is 0 Å². The van der Waals surface area contributed by atoms with Gasteiger partial charge in [-0.3, -0.25) is 4.90 Å². The third-order valence-electron chi connectivity index (χ3n) is 4.58. The summed E-state index contributed by atoms with van der Waals surface area (Å²) in [5.74, 6) is 0.807. The first-order chi connectivity index (χ1) is 11.0. The van der Waals surface area contributed by atoms with Gasteiger partial charge in [-0.05, 0) is 52.5 Å². The molecule has 0 aliphatic carbocycles. The molecule has 1 aliphatic rings. The first-order valence-electron chi connectivity index (χ1n) is 8.34. The lowest BCUT2D eigenvalue weighted by Crippen LogP contribution is -2.40. The van der Waals surface area contributed by atoms with Crippen molar-refractivity contribution >= 4 is 0 Å². The minimum atomic E-state index is -0.223. The van der Waals surface area contributed by atoms with Crippen LogP contribution in [0.25, 0.3) is 0 Å². The second kappa shape index (κ2) is 8.50. The molecule has 1 aromatic rings. The lowest BCUT2D eigenvalue weighted by molar-refractivity contribution is 0.123. The topological polar surface area (TPSA) is 24.9 Å². The summed E-state index contributed by atoms with van der Waals surface area (Å²) in [6.07, 6.45) is 4.78. The number of halogens is 1. The van der Waals surface area contributed by atoms with E-state index in [1.807, 2.05) is 0 Å². The zero-order valence-corrected chi connectivity index (χ0v) is 14.8. The molecule has 0 radical (unpaired) electrons. The van der Waals surface area contributed by atoms with Gasteiger partial charge >= 0.3 is 0 Å². The van der Waals surface area contributed by atoms with Crippen LogP contribution in [0.3, 0.4) is 0 Å². The molecule has 1 fully saturated rings. The number of likely N-dealkylation sites (tertiary alicyclic amines) is 1. The van der Waals surface area contributed by atoms with Crippen molar-refractivity contribution in [2.45, 2.75) is 38.3 Å². The molecule has 23 heavy (non-hydrogen) atoms. The van der Waals surface area contributed by atoms with Crippen LogP contribution in [0.1, 0.15) is 31.2 Å². The fourth-order valence-electron chi connectivity index (χ4n) is 3.24. The molecule has 1 atom stereocenters. The van der Waals surface area contributed by atoms with E-state index in [1.165, 1.54) is 32.4 Å². The van der Waals surface area contributed by atoms with Gasteiger partial charge in [0.25, 0.3) is 0 Å². The summed E-state index contributed by atoms with van der Waals surface area (Å²) in [4.78, 5) is 4.63. The first kappa shape index (κ1) is 18.0. The number of hydrogen-bond acceptors (Lipinski definition) is 4. The predicted molar refractivity (Wildman–Crippen MR) is 90.7 cm³/mol. The van der Waals surface area contributed by atoms with E-state index in [-0.39, 0.29) is 5.82 Å². The SMILES string of the molecule is COc1cc(F)c(CN2CCCC[C@H]2CCN(C)C)cc1OC. The zero-order chi connectivity index (χ0) is 16.8. The standard InChI is InChI=1S/C18H29FN2O2/c1-20(2)10-8-15-7-5-6-9-21(15)13-14-11-17(22-3)18(23-4)12-16(14)19/h11-12,15H,5-10,13H2,1-4H3/t15-/m0/s1. The van der Waals surface area contributed by atoms with Gasteiger partial charge in [-0.25, -0.2) is 4.39 Å². The molecule has 2 rings (SSSR count). The quantitative estimate of drug-likeness (QED) is 0.769. The predicted octanol–water partition coefficient (Wildman–Crippen LogP) is 3.15. The molecule has 5 heteroatoms. The van der Waals surface area contributed by atoms with E-state index in [1.54, 1.807) is 13.2 Å². The van der Waals surface area contributed by atoms with Crippen molar-refractivity contribution < 1.29 is 13.9 Å². The fraction of sp³-hybridized carbons (Fsp3) is 0.667. The van der Waals surface area contributed by atoms with Crippen LogP contribution in [0.15, 0.2) is 12.1 Å². The van der Waals surface area contributed by atoms with Crippen molar-refractivity contribution in [1.82, 2.24) is 9.80 Å². The number of benzene rings is 1. The second-order valence-electron chi connectivity index (χ2n) is 6.51. The maximum Gasteiger partial charge on any atom is 0.163 e. The molecule has 0 N–H and O–H groups in total. The fourth-order valence-corrected chi connectivity index (χ4v) is 3.24.